The number of amides is 1. The number of carbonyl (C=O) groups is 1. The molecule has 2 unspecified atom stereocenters. The van der Waals surface area contributed by atoms with E-state index in [-0.39, 0.29) is 5.92 Å². The predicted molar refractivity (Wildman–Crippen MR) is 102 cm³/mol. The average molecular weight is 330 g/mol. The van der Waals surface area contributed by atoms with Gasteiger partial charge in [-0.1, -0.05) is 76.3 Å². The van der Waals surface area contributed by atoms with Crippen LogP contribution in [0.1, 0.15) is 83.1 Å². The minimum Gasteiger partial charge on any atom is -0.342 e. The molecule has 0 radical (unpaired) electrons. The molecule has 1 aliphatic rings. The zero-order valence-corrected chi connectivity index (χ0v) is 15.7. The Morgan fingerprint density at radius 1 is 1.08 bits per heavy atom. The van der Waals surface area contributed by atoms with E-state index in [1.807, 2.05) is 0 Å². The molecule has 0 aromatic heterocycles. The van der Waals surface area contributed by atoms with Crippen molar-refractivity contribution in [3.05, 3.63) is 35.9 Å². The fraction of sp³-hybridized carbons (Fsp3) is 0.682. The van der Waals surface area contributed by atoms with Gasteiger partial charge in [-0.15, -0.1) is 0 Å². The van der Waals surface area contributed by atoms with E-state index < -0.39 is 0 Å². The molecule has 1 aliphatic heterocycles. The Morgan fingerprint density at radius 2 is 1.79 bits per heavy atom. The second-order valence-electron chi connectivity index (χ2n) is 7.37. The summed E-state index contributed by atoms with van der Waals surface area (Å²) in [7, 11) is 0. The summed E-state index contributed by atoms with van der Waals surface area (Å²) >= 11 is 0. The largest absolute Gasteiger partial charge is 0.342 e. The first-order valence-corrected chi connectivity index (χ1v) is 10.1. The van der Waals surface area contributed by atoms with E-state index in [1.165, 1.54) is 44.1 Å². The first-order valence-electron chi connectivity index (χ1n) is 10.1. The van der Waals surface area contributed by atoms with E-state index in [1.54, 1.807) is 0 Å². The van der Waals surface area contributed by atoms with Crippen LogP contribution in [0.4, 0.5) is 0 Å². The van der Waals surface area contributed by atoms with E-state index in [4.69, 9.17) is 0 Å². The Hall–Kier alpha value is -1.31. The Bertz CT molecular complexity index is 470. The molecule has 2 rings (SSSR count). The zero-order chi connectivity index (χ0) is 17.2. The zero-order valence-electron chi connectivity index (χ0n) is 15.7. The van der Waals surface area contributed by atoms with Crippen LogP contribution in [-0.4, -0.2) is 23.9 Å². The molecule has 134 valence electrons. The third-order valence-corrected chi connectivity index (χ3v) is 5.42. The van der Waals surface area contributed by atoms with Gasteiger partial charge in [-0.3, -0.25) is 4.79 Å². The van der Waals surface area contributed by atoms with Gasteiger partial charge in [0.2, 0.25) is 5.91 Å². The summed E-state index contributed by atoms with van der Waals surface area (Å²) in [6, 6.07) is 10.7. The van der Waals surface area contributed by atoms with Crippen molar-refractivity contribution in [3.8, 4) is 0 Å². The summed E-state index contributed by atoms with van der Waals surface area (Å²) in [6.07, 6.45) is 10.6. The molecule has 0 bridgehead atoms. The molecular weight excluding hydrogens is 294 g/mol. The van der Waals surface area contributed by atoms with Crippen LogP contribution in [0.5, 0.6) is 0 Å². The highest BCUT2D eigenvalue weighted by Crippen LogP contribution is 2.29. The number of nitrogens with zero attached hydrogens (tertiary/aromatic N) is 1. The van der Waals surface area contributed by atoms with Gasteiger partial charge in [0.25, 0.3) is 0 Å². The Morgan fingerprint density at radius 3 is 2.50 bits per heavy atom. The third kappa shape index (κ3) is 5.65. The second kappa shape index (κ2) is 10.5. The molecule has 1 aromatic rings. The van der Waals surface area contributed by atoms with Crippen molar-refractivity contribution in [2.45, 2.75) is 77.6 Å². The standard InChI is InChI=1S/C22H35NO/c1-3-5-8-15-20(12-6-4-2)22(24)23-17-11-16-21(18-23)19-13-9-7-10-14-19/h7,9-10,13-14,20-21H,3-6,8,11-12,15-18H2,1-2H3. The molecule has 24 heavy (non-hydrogen) atoms. The smallest absolute Gasteiger partial charge is 0.225 e. The summed E-state index contributed by atoms with van der Waals surface area (Å²) in [5, 5.41) is 0. The summed E-state index contributed by atoms with van der Waals surface area (Å²) in [5.74, 6) is 1.21. The highest BCUT2D eigenvalue weighted by atomic mass is 16.2. The maximum atomic E-state index is 13.1. The summed E-state index contributed by atoms with van der Waals surface area (Å²) < 4.78 is 0. The fourth-order valence-corrected chi connectivity index (χ4v) is 3.92. The van der Waals surface area contributed by atoms with Gasteiger partial charge in [0.05, 0.1) is 0 Å². The lowest BCUT2D eigenvalue weighted by atomic mass is 9.88. The SMILES string of the molecule is CCCCCC(CCCC)C(=O)N1CCCC(c2ccccc2)C1. The van der Waals surface area contributed by atoms with Crippen molar-refractivity contribution in [2.24, 2.45) is 5.92 Å². The molecule has 1 heterocycles. The second-order valence-corrected chi connectivity index (χ2v) is 7.37. The van der Waals surface area contributed by atoms with Gasteiger partial charge in [-0.25, -0.2) is 0 Å². The summed E-state index contributed by atoms with van der Waals surface area (Å²) in [6.45, 7) is 6.33. The first kappa shape index (κ1) is 19.0. The molecule has 1 fully saturated rings. The number of hydrogen-bond donors (Lipinski definition) is 0. The van der Waals surface area contributed by atoms with E-state index in [2.05, 4.69) is 49.1 Å². The normalized spacial score (nSPS) is 19.2. The molecular formula is C22H35NO. The van der Waals surface area contributed by atoms with Gasteiger partial charge < -0.3 is 4.90 Å². The summed E-state index contributed by atoms with van der Waals surface area (Å²) in [4.78, 5) is 15.3. The summed E-state index contributed by atoms with van der Waals surface area (Å²) in [5.41, 5.74) is 1.39. The van der Waals surface area contributed by atoms with Gasteiger partial charge in [-0.05, 0) is 31.2 Å². The van der Waals surface area contributed by atoms with Crippen molar-refractivity contribution >= 4 is 5.91 Å². The molecule has 1 amide bonds. The van der Waals surface area contributed by atoms with Crippen molar-refractivity contribution < 1.29 is 4.79 Å². The van der Waals surface area contributed by atoms with Crippen LogP contribution in [-0.2, 0) is 4.79 Å². The van der Waals surface area contributed by atoms with E-state index in [9.17, 15) is 4.79 Å². The van der Waals surface area contributed by atoms with Crippen molar-refractivity contribution in [1.82, 2.24) is 4.90 Å². The van der Waals surface area contributed by atoms with Gasteiger partial charge in [-0.2, -0.15) is 0 Å². The molecule has 1 aromatic carbocycles. The van der Waals surface area contributed by atoms with Crippen LogP contribution < -0.4 is 0 Å². The number of piperidine rings is 1. The molecule has 2 heteroatoms. The number of likely N-dealkylation sites (tertiary alicyclic amines) is 1. The Balaban J connectivity index is 1.96. The topological polar surface area (TPSA) is 20.3 Å². The molecule has 2 nitrogen and oxygen atoms in total. The molecule has 0 spiro atoms. The van der Waals surface area contributed by atoms with Crippen molar-refractivity contribution in [1.29, 1.82) is 0 Å². The van der Waals surface area contributed by atoms with Crippen LogP contribution in [0.2, 0.25) is 0 Å². The lowest BCUT2D eigenvalue weighted by Crippen LogP contribution is -2.42. The molecule has 0 aliphatic carbocycles. The minimum atomic E-state index is 0.256. The number of carbonyl (C=O) groups excluding carboxylic acids is 1. The molecule has 0 saturated carbocycles. The van der Waals surface area contributed by atoms with E-state index >= 15 is 0 Å². The first-order chi connectivity index (χ1) is 11.8. The van der Waals surface area contributed by atoms with Crippen molar-refractivity contribution in [3.63, 3.8) is 0 Å². The van der Waals surface area contributed by atoms with Crippen LogP contribution >= 0.6 is 0 Å². The van der Waals surface area contributed by atoms with Crippen molar-refractivity contribution in [2.75, 3.05) is 13.1 Å². The predicted octanol–water partition coefficient (Wildman–Crippen LogP) is 5.78. The Labute approximate surface area is 148 Å². The van der Waals surface area contributed by atoms with Crippen LogP contribution in [0.3, 0.4) is 0 Å². The van der Waals surface area contributed by atoms with Gasteiger partial charge in [0, 0.05) is 24.9 Å². The van der Waals surface area contributed by atoms with Gasteiger partial charge in [0.1, 0.15) is 0 Å². The highest BCUT2D eigenvalue weighted by Gasteiger charge is 2.28. The lowest BCUT2D eigenvalue weighted by molar-refractivity contribution is -0.137. The minimum absolute atomic E-state index is 0.256. The number of unbranched alkanes of at least 4 members (excludes halogenated alkanes) is 3. The van der Waals surface area contributed by atoms with E-state index in [0.717, 1.165) is 32.4 Å². The maximum absolute atomic E-state index is 13.1. The number of rotatable bonds is 9. The molecule has 0 N–H and O–H groups in total. The third-order valence-electron chi connectivity index (χ3n) is 5.42. The molecule has 1 saturated heterocycles. The number of hydrogen-bond acceptors (Lipinski definition) is 1. The average Bonchev–Trinajstić information content (AvgIpc) is 2.65. The highest BCUT2D eigenvalue weighted by molar-refractivity contribution is 5.79. The van der Waals surface area contributed by atoms with Crippen LogP contribution in [0.25, 0.3) is 0 Å². The quantitative estimate of drug-likeness (QED) is 0.526. The maximum Gasteiger partial charge on any atom is 0.225 e. The van der Waals surface area contributed by atoms with Gasteiger partial charge >= 0.3 is 0 Å². The van der Waals surface area contributed by atoms with Crippen LogP contribution in [0.15, 0.2) is 30.3 Å². The number of benzene rings is 1. The van der Waals surface area contributed by atoms with E-state index in [0.29, 0.717) is 11.8 Å². The lowest BCUT2D eigenvalue weighted by Gasteiger charge is -2.35. The Kier molecular flexibility index (Phi) is 8.35. The monoisotopic (exact) mass is 329 g/mol. The van der Waals surface area contributed by atoms with Gasteiger partial charge in [0.15, 0.2) is 0 Å². The molecule has 2 atom stereocenters. The van der Waals surface area contributed by atoms with Crippen LogP contribution in [0, 0.1) is 5.92 Å². The fourth-order valence-electron chi connectivity index (χ4n) is 3.92.